The average molecular weight is 604 g/mol. The van der Waals surface area contributed by atoms with E-state index in [2.05, 4.69) is 36.4 Å². The number of aromatic nitrogens is 5. The molecule has 47 heavy (non-hydrogen) atoms. The minimum atomic E-state index is 0.611. The van der Waals surface area contributed by atoms with Crippen LogP contribution in [0.3, 0.4) is 0 Å². The molecule has 0 spiro atoms. The molecule has 0 unspecified atom stereocenters. The van der Waals surface area contributed by atoms with Crippen LogP contribution in [0.25, 0.3) is 89.4 Å². The summed E-state index contributed by atoms with van der Waals surface area (Å²) in [7, 11) is 0. The van der Waals surface area contributed by atoms with Crippen molar-refractivity contribution in [1.82, 2.24) is 24.9 Å². The zero-order valence-corrected chi connectivity index (χ0v) is 25.1. The van der Waals surface area contributed by atoms with Crippen LogP contribution >= 0.6 is 0 Å². The van der Waals surface area contributed by atoms with Crippen molar-refractivity contribution in [3.05, 3.63) is 152 Å². The van der Waals surface area contributed by atoms with Crippen molar-refractivity contribution in [3.63, 3.8) is 0 Å². The molecule has 0 aliphatic heterocycles. The van der Waals surface area contributed by atoms with Gasteiger partial charge in [0.25, 0.3) is 0 Å². The van der Waals surface area contributed by atoms with E-state index in [1.54, 1.807) is 0 Å². The molecule has 0 saturated carbocycles. The van der Waals surface area contributed by atoms with Gasteiger partial charge in [-0.1, -0.05) is 109 Å². The van der Waals surface area contributed by atoms with E-state index in [1.165, 1.54) is 0 Å². The fourth-order valence-corrected chi connectivity index (χ4v) is 6.22. The molecule has 0 atom stereocenters. The van der Waals surface area contributed by atoms with E-state index in [-0.39, 0.29) is 0 Å². The van der Waals surface area contributed by atoms with Gasteiger partial charge in [-0.3, -0.25) is 9.97 Å². The van der Waals surface area contributed by atoms with Crippen LogP contribution in [0.5, 0.6) is 0 Å². The first-order valence-corrected chi connectivity index (χ1v) is 15.4. The Bertz CT molecular complexity index is 2520. The van der Waals surface area contributed by atoms with E-state index in [4.69, 9.17) is 29.3 Å². The Hall–Kier alpha value is -6.53. The zero-order valence-electron chi connectivity index (χ0n) is 25.1. The Morgan fingerprint density at radius 1 is 0.404 bits per heavy atom. The number of hydrogen-bond acceptors (Lipinski definition) is 6. The molecule has 0 radical (unpaired) electrons. The van der Waals surface area contributed by atoms with Crippen molar-refractivity contribution in [2.75, 3.05) is 0 Å². The second kappa shape index (κ2) is 11.1. The lowest BCUT2D eigenvalue weighted by Gasteiger charge is -2.12. The van der Waals surface area contributed by atoms with Gasteiger partial charge in [0, 0.05) is 50.8 Å². The lowest BCUT2D eigenvalue weighted by atomic mass is 9.95. The zero-order chi connectivity index (χ0) is 31.2. The molecular weight excluding hydrogens is 578 g/mol. The van der Waals surface area contributed by atoms with E-state index in [0.29, 0.717) is 17.5 Å². The summed E-state index contributed by atoms with van der Waals surface area (Å²) < 4.78 is 6.34. The van der Waals surface area contributed by atoms with E-state index >= 15 is 0 Å². The highest BCUT2D eigenvalue weighted by atomic mass is 16.3. The van der Waals surface area contributed by atoms with Crippen LogP contribution < -0.4 is 0 Å². The maximum Gasteiger partial charge on any atom is 0.164 e. The van der Waals surface area contributed by atoms with Crippen molar-refractivity contribution in [3.8, 4) is 56.5 Å². The molecule has 4 heterocycles. The molecule has 0 aliphatic carbocycles. The van der Waals surface area contributed by atoms with Crippen molar-refractivity contribution < 1.29 is 4.42 Å². The van der Waals surface area contributed by atoms with Gasteiger partial charge in [0.1, 0.15) is 11.3 Å². The number of benzene rings is 5. The van der Waals surface area contributed by atoms with Gasteiger partial charge >= 0.3 is 0 Å². The molecule has 0 fully saturated rings. The molecule has 0 N–H and O–H groups in total. The Labute approximate surface area is 270 Å². The number of nitrogens with zero attached hydrogens (tertiary/aromatic N) is 5. The van der Waals surface area contributed by atoms with E-state index in [0.717, 1.165) is 71.9 Å². The number of fused-ring (bicyclic) bond motifs is 4. The van der Waals surface area contributed by atoms with Gasteiger partial charge in [0.05, 0.1) is 5.52 Å². The number of para-hydroxylation sites is 1. The second-order valence-electron chi connectivity index (χ2n) is 11.3. The largest absolute Gasteiger partial charge is 0.454 e. The quantitative estimate of drug-likeness (QED) is 0.195. The van der Waals surface area contributed by atoms with Gasteiger partial charge < -0.3 is 4.42 Å². The average Bonchev–Trinajstić information content (AvgIpc) is 3.54. The van der Waals surface area contributed by atoms with Crippen LogP contribution in [0.4, 0.5) is 0 Å². The van der Waals surface area contributed by atoms with Crippen molar-refractivity contribution in [1.29, 1.82) is 0 Å². The van der Waals surface area contributed by atoms with Gasteiger partial charge in [-0.2, -0.15) is 0 Å². The van der Waals surface area contributed by atoms with Crippen molar-refractivity contribution in [2.45, 2.75) is 0 Å². The number of furan rings is 1. The summed E-state index contributed by atoms with van der Waals surface area (Å²) in [4.78, 5) is 24.4. The molecule has 0 amide bonds. The van der Waals surface area contributed by atoms with Crippen LogP contribution in [0.2, 0.25) is 0 Å². The Kier molecular flexibility index (Phi) is 6.35. The van der Waals surface area contributed by atoms with Crippen LogP contribution in [0, 0.1) is 0 Å². The molecule has 0 aliphatic rings. The predicted octanol–water partition coefficient (Wildman–Crippen LogP) is 10.0. The molecule has 0 saturated heterocycles. The molecule has 0 bridgehead atoms. The summed E-state index contributed by atoms with van der Waals surface area (Å²) in [6.07, 6.45) is 3.67. The maximum absolute atomic E-state index is 6.34. The highest BCUT2D eigenvalue weighted by Gasteiger charge is 2.18. The van der Waals surface area contributed by atoms with E-state index < -0.39 is 0 Å². The van der Waals surface area contributed by atoms with Gasteiger partial charge in [0.15, 0.2) is 23.1 Å². The SMILES string of the molecule is c1ccc(-c2nc(-c3ccccc3)nc(-c3cccc(-c4ccc(-c5nccc6c5oc5ccccc56)c5ncccc45)c3)n2)cc1. The van der Waals surface area contributed by atoms with Crippen LogP contribution in [-0.2, 0) is 0 Å². The Balaban J connectivity index is 1.19. The van der Waals surface area contributed by atoms with Crippen LogP contribution in [-0.4, -0.2) is 24.9 Å². The summed E-state index contributed by atoms with van der Waals surface area (Å²) in [6, 6.07) is 46.8. The maximum atomic E-state index is 6.34. The van der Waals surface area contributed by atoms with Crippen molar-refractivity contribution in [2.24, 2.45) is 0 Å². The third-order valence-electron chi connectivity index (χ3n) is 8.45. The van der Waals surface area contributed by atoms with Gasteiger partial charge in [-0.25, -0.2) is 15.0 Å². The fraction of sp³-hybridized carbons (Fsp3) is 0. The van der Waals surface area contributed by atoms with Gasteiger partial charge in [-0.15, -0.1) is 0 Å². The van der Waals surface area contributed by atoms with E-state index in [9.17, 15) is 0 Å². The summed E-state index contributed by atoms with van der Waals surface area (Å²) >= 11 is 0. The lowest BCUT2D eigenvalue weighted by Crippen LogP contribution is -2.00. The molecular formula is C41H25N5O. The summed E-state index contributed by atoms with van der Waals surface area (Å²) in [5.41, 5.74) is 9.00. The van der Waals surface area contributed by atoms with E-state index in [1.807, 2.05) is 116 Å². The molecule has 4 aromatic heterocycles. The lowest BCUT2D eigenvalue weighted by molar-refractivity contribution is 0.668. The smallest absolute Gasteiger partial charge is 0.164 e. The molecule has 220 valence electrons. The van der Waals surface area contributed by atoms with Crippen LogP contribution in [0.1, 0.15) is 0 Å². The van der Waals surface area contributed by atoms with Crippen LogP contribution in [0.15, 0.2) is 156 Å². The minimum absolute atomic E-state index is 0.611. The molecule has 6 nitrogen and oxygen atoms in total. The molecule has 9 rings (SSSR count). The summed E-state index contributed by atoms with van der Waals surface area (Å²) in [6.45, 7) is 0. The standard InChI is InChI=1S/C41H25N5O/c1-3-11-26(12-4-1)39-44-40(27-13-5-2-6-14-27)46-41(45-39)29-16-9-15-28(25-29)30-20-21-34(36-32(30)18-10-23-42-36)37-38-33(22-24-43-37)31-17-7-8-19-35(31)47-38/h1-25H. The highest BCUT2D eigenvalue weighted by molar-refractivity contribution is 6.12. The van der Waals surface area contributed by atoms with Gasteiger partial charge in [-0.05, 0) is 41.5 Å². The Morgan fingerprint density at radius 3 is 1.79 bits per heavy atom. The summed E-state index contributed by atoms with van der Waals surface area (Å²) in [5.74, 6) is 1.87. The summed E-state index contributed by atoms with van der Waals surface area (Å²) in [5, 5.41) is 3.12. The van der Waals surface area contributed by atoms with Gasteiger partial charge in [0.2, 0.25) is 0 Å². The number of rotatable bonds is 5. The topological polar surface area (TPSA) is 77.6 Å². The third kappa shape index (κ3) is 4.71. The normalized spacial score (nSPS) is 11.4. The third-order valence-corrected chi connectivity index (χ3v) is 8.45. The first-order valence-electron chi connectivity index (χ1n) is 15.4. The Morgan fingerprint density at radius 2 is 1.02 bits per heavy atom. The minimum Gasteiger partial charge on any atom is -0.454 e. The fourth-order valence-electron chi connectivity index (χ4n) is 6.22. The second-order valence-corrected chi connectivity index (χ2v) is 11.3. The molecule has 5 aromatic carbocycles. The monoisotopic (exact) mass is 603 g/mol. The van der Waals surface area contributed by atoms with Crippen molar-refractivity contribution >= 4 is 32.8 Å². The number of pyridine rings is 2. The highest BCUT2D eigenvalue weighted by Crippen LogP contribution is 2.39. The molecule has 9 aromatic rings. The first-order chi connectivity index (χ1) is 23.3. The first kappa shape index (κ1) is 26.8. The number of hydrogen-bond donors (Lipinski definition) is 0. The molecule has 6 heteroatoms. The predicted molar refractivity (Wildman–Crippen MR) is 187 cm³/mol.